The Morgan fingerprint density at radius 1 is 1.16 bits per heavy atom. The number of alkyl halides is 6. The average molecular weight is 545 g/mol. The molecule has 1 aliphatic rings. The predicted octanol–water partition coefficient (Wildman–Crippen LogP) is 4.74. The minimum absolute atomic E-state index is 0.0633. The van der Waals surface area contributed by atoms with E-state index < -0.39 is 53.2 Å². The summed E-state index contributed by atoms with van der Waals surface area (Å²) in [6.45, 7) is 2.14. The number of aromatic amines is 1. The van der Waals surface area contributed by atoms with Gasteiger partial charge in [-0.1, -0.05) is 13.0 Å². The van der Waals surface area contributed by atoms with Crippen molar-refractivity contribution in [1.82, 2.24) is 9.97 Å². The molecule has 0 aliphatic carbocycles. The number of H-pyrrole nitrogens is 1. The number of hydrogen-bond donors (Lipinski definition) is 2. The van der Waals surface area contributed by atoms with Gasteiger partial charge in [-0.05, 0) is 19.1 Å². The van der Waals surface area contributed by atoms with Gasteiger partial charge < -0.3 is 24.9 Å². The number of carbonyl (C=O) groups is 1. The summed E-state index contributed by atoms with van der Waals surface area (Å²) in [4.78, 5) is 31.3. The quantitative estimate of drug-likeness (QED) is 0.448. The fourth-order valence-electron chi connectivity index (χ4n) is 4.79. The van der Waals surface area contributed by atoms with Gasteiger partial charge in [0.05, 0.1) is 18.0 Å². The van der Waals surface area contributed by atoms with E-state index in [0.29, 0.717) is 0 Å². The smallest absolute Gasteiger partial charge is 0.496 e. The van der Waals surface area contributed by atoms with Crippen molar-refractivity contribution in [2.24, 2.45) is 11.7 Å². The molecule has 3 heterocycles. The van der Waals surface area contributed by atoms with Crippen molar-refractivity contribution in [3.8, 4) is 11.5 Å². The number of nitrogens with zero attached hydrogens (tertiary/aromatic N) is 1. The second-order valence-electron chi connectivity index (χ2n) is 8.94. The molecule has 8 nitrogen and oxygen atoms in total. The molecule has 1 saturated heterocycles. The number of amides is 1. The van der Waals surface area contributed by atoms with E-state index in [0.717, 1.165) is 38.3 Å². The number of pyridine rings is 2. The summed E-state index contributed by atoms with van der Waals surface area (Å²) in [5.74, 6) is -4.24. The number of hydrogen-bond acceptors (Lipinski definition) is 6. The number of carbonyl (C=O) groups excluding carboxylic acids is 1. The van der Waals surface area contributed by atoms with Crippen molar-refractivity contribution in [3.63, 3.8) is 0 Å². The molecule has 1 amide bonds. The molecular weight excluding hydrogens is 524 g/mol. The molecule has 4 atom stereocenters. The molecule has 0 saturated carbocycles. The molecule has 1 fully saturated rings. The van der Waals surface area contributed by atoms with Crippen LogP contribution < -0.4 is 20.6 Å². The first kappa shape index (κ1) is 27.2. The molecule has 0 spiro atoms. The molecule has 0 bridgehead atoms. The number of fused-ring (bicyclic) bond motifs is 1. The van der Waals surface area contributed by atoms with Crippen LogP contribution in [0.25, 0.3) is 10.9 Å². The van der Waals surface area contributed by atoms with Crippen LogP contribution in [-0.2, 0) is 4.74 Å². The molecular formula is C24H21F6N3O5. The molecule has 2 aromatic heterocycles. The monoisotopic (exact) mass is 545 g/mol. The second-order valence-corrected chi connectivity index (χ2v) is 8.94. The highest BCUT2D eigenvalue weighted by atomic mass is 19.4. The number of aromatic nitrogens is 2. The van der Waals surface area contributed by atoms with E-state index in [-0.39, 0.29) is 33.6 Å². The third-order valence-electron chi connectivity index (χ3n) is 6.77. The second kappa shape index (κ2) is 9.19. The number of rotatable bonds is 5. The number of benzene rings is 1. The molecule has 14 heteroatoms. The largest absolute Gasteiger partial charge is 0.573 e. The van der Waals surface area contributed by atoms with Crippen LogP contribution in [-0.4, -0.2) is 41.1 Å². The van der Waals surface area contributed by atoms with Gasteiger partial charge >= 0.3 is 12.5 Å². The lowest BCUT2D eigenvalue weighted by molar-refractivity contribution is -0.275. The Morgan fingerprint density at radius 3 is 2.42 bits per heavy atom. The third kappa shape index (κ3) is 4.64. The molecule has 3 N–H and O–H groups in total. The number of ether oxygens (including phenoxy) is 3. The standard InChI is InChI=1S/C24H21F6N3O5/c1-10-17(12-5-4-11(8-16(12)36-3)37-24(28,29)30)20(38-22(10,2)23(25,26)27)14-9-15(34)18-13(33-14)6-7-32-19(18)21(31)35/h4-10,17,20H,1-3H3,(H2,31,35)(H,33,34)/t10-,17-,20-,22+/m0/s1. The van der Waals surface area contributed by atoms with Crippen molar-refractivity contribution in [2.75, 3.05) is 7.11 Å². The van der Waals surface area contributed by atoms with Gasteiger partial charge in [-0.2, -0.15) is 13.2 Å². The number of primary amides is 1. The summed E-state index contributed by atoms with van der Waals surface area (Å²) >= 11 is 0. The lowest BCUT2D eigenvalue weighted by Crippen LogP contribution is -2.46. The molecule has 4 rings (SSSR count). The maximum Gasteiger partial charge on any atom is 0.573 e. The minimum Gasteiger partial charge on any atom is -0.496 e. The van der Waals surface area contributed by atoms with Gasteiger partial charge in [0.2, 0.25) is 0 Å². The highest BCUT2D eigenvalue weighted by Crippen LogP contribution is 2.59. The maximum absolute atomic E-state index is 14.2. The summed E-state index contributed by atoms with van der Waals surface area (Å²) in [7, 11) is 1.14. The zero-order valence-electron chi connectivity index (χ0n) is 20.0. The van der Waals surface area contributed by atoms with E-state index in [9.17, 15) is 35.9 Å². The van der Waals surface area contributed by atoms with Crippen LogP contribution in [0.2, 0.25) is 0 Å². The van der Waals surface area contributed by atoms with Crippen LogP contribution in [0.15, 0.2) is 41.3 Å². The van der Waals surface area contributed by atoms with Crippen LogP contribution in [0.3, 0.4) is 0 Å². The maximum atomic E-state index is 14.2. The summed E-state index contributed by atoms with van der Waals surface area (Å²) in [6.07, 6.45) is -10.1. The topological polar surface area (TPSA) is 117 Å². The van der Waals surface area contributed by atoms with Crippen molar-refractivity contribution >= 4 is 16.8 Å². The highest BCUT2D eigenvalue weighted by Gasteiger charge is 2.65. The average Bonchev–Trinajstić information content (AvgIpc) is 3.09. The Bertz CT molecular complexity index is 1450. The molecule has 0 radical (unpaired) electrons. The third-order valence-corrected chi connectivity index (χ3v) is 6.77. The van der Waals surface area contributed by atoms with Gasteiger partial charge in [-0.15, -0.1) is 13.2 Å². The van der Waals surface area contributed by atoms with Crippen LogP contribution in [0.1, 0.15) is 47.6 Å². The fraction of sp³-hybridized carbons (Fsp3) is 0.375. The van der Waals surface area contributed by atoms with Crippen molar-refractivity contribution in [3.05, 3.63) is 63.7 Å². The van der Waals surface area contributed by atoms with Crippen molar-refractivity contribution < 1.29 is 45.3 Å². The zero-order chi connectivity index (χ0) is 28.2. The number of nitrogens with one attached hydrogen (secondary N) is 1. The Hall–Kier alpha value is -3.81. The van der Waals surface area contributed by atoms with Gasteiger partial charge in [-0.25, -0.2) is 0 Å². The number of nitrogens with two attached hydrogens (primary N) is 1. The van der Waals surface area contributed by atoms with Crippen molar-refractivity contribution in [1.29, 1.82) is 0 Å². The van der Waals surface area contributed by atoms with Gasteiger partial charge in [0, 0.05) is 41.4 Å². The number of methoxy groups -OCH3 is 1. The van der Waals surface area contributed by atoms with Gasteiger partial charge in [0.25, 0.3) is 5.91 Å². The lowest BCUT2D eigenvalue weighted by atomic mass is 9.76. The normalized spacial score (nSPS) is 24.0. The summed E-state index contributed by atoms with van der Waals surface area (Å²) in [5, 5.41) is -0.156. The molecule has 1 aliphatic heterocycles. The Kier molecular flexibility index (Phi) is 6.58. The van der Waals surface area contributed by atoms with E-state index in [4.69, 9.17) is 15.2 Å². The number of halogens is 6. The lowest BCUT2D eigenvalue weighted by Gasteiger charge is -2.32. The summed E-state index contributed by atoms with van der Waals surface area (Å²) in [6, 6.07) is 5.34. The van der Waals surface area contributed by atoms with Crippen LogP contribution in [0, 0.1) is 5.92 Å². The first-order valence-electron chi connectivity index (χ1n) is 11.1. The van der Waals surface area contributed by atoms with E-state index in [1.54, 1.807) is 0 Å². The van der Waals surface area contributed by atoms with Crippen LogP contribution >= 0.6 is 0 Å². The minimum atomic E-state index is -5.00. The van der Waals surface area contributed by atoms with Crippen molar-refractivity contribution in [2.45, 2.75) is 44.0 Å². The first-order chi connectivity index (χ1) is 17.6. The highest BCUT2D eigenvalue weighted by molar-refractivity contribution is 6.03. The van der Waals surface area contributed by atoms with Crippen LogP contribution in [0.5, 0.6) is 11.5 Å². The SMILES string of the molecule is COc1cc(OC(F)(F)F)ccc1[C@H]1[C@H](c2cc(=O)c3c(C(N)=O)nccc3[nH]2)O[C@@](C)(C(F)(F)F)[C@H]1C. The van der Waals surface area contributed by atoms with Gasteiger partial charge in [-0.3, -0.25) is 14.6 Å². The summed E-state index contributed by atoms with van der Waals surface area (Å²) < 4.78 is 95.6. The van der Waals surface area contributed by atoms with E-state index in [2.05, 4.69) is 14.7 Å². The zero-order valence-corrected chi connectivity index (χ0v) is 20.0. The summed E-state index contributed by atoms with van der Waals surface area (Å²) in [5.41, 5.74) is 1.62. The van der Waals surface area contributed by atoms with E-state index >= 15 is 0 Å². The Morgan fingerprint density at radius 2 is 1.84 bits per heavy atom. The molecule has 0 unspecified atom stereocenters. The molecule has 204 valence electrons. The molecule has 3 aromatic rings. The van der Waals surface area contributed by atoms with E-state index in [1.807, 2.05) is 0 Å². The molecule has 1 aromatic carbocycles. The van der Waals surface area contributed by atoms with Gasteiger partial charge in [0.1, 0.15) is 23.3 Å². The Balaban J connectivity index is 1.91. The molecule has 38 heavy (non-hydrogen) atoms. The van der Waals surface area contributed by atoms with Gasteiger partial charge in [0.15, 0.2) is 11.0 Å². The van der Waals surface area contributed by atoms with E-state index in [1.165, 1.54) is 19.2 Å². The fourth-order valence-corrected chi connectivity index (χ4v) is 4.79. The Labute approximate surface area is 210 Å². The predicted molar refractivity (Wildman–Crippen MR) is 121 cm³/mol. The first-order valence-corrected chi connectivity index (χ1v) is 11.1. The van der Waals surface area contributed by atoms with Crippen LogP contribution in [0.4, 0.5) is 26.3 Å².